The van der Waals surface area contributed by atoms with E-state index in [4.69, 9.17) is 25.5 Å². The number of esters is 1. The van der Waals surface area contributed by atoms with E-state index in [2.05, 4.69) is 0 Å². The summed E-state index contributed by atoms with van der Waals surface area (Å²) in [5, 5.41) is 0.935. The minimum Gasteiger partial charge on any atom is -0.471 e. The van der Waals surface area contributed by atoms with Gasteiger partial charge in [0.2, 0.25) is 11.2 Å². The molecule has 0 unspecified atom stereocenters. The third-order valence-corrected chi connectivity index (χ3v) is 4.28. The van der Waals surface area contributed by atoms with Crippen LogP contribution in [0.4, 0.5) is 0 Å². The molecular formula is C21H19ClO5. The Labute approximate surface area is 161 Å². The van der Waals surface area contributed by atoms with Crippen molar-refractivity contribution in [1.29, 1.82) is 0 Å². The van der Waals surface area contributed by atoms with E-state index < -0.39 is 12.1 Å². The van der Waals surface area contributed by atoms with Crippen molar-refractivity contribution in [3.05, 3.63) is 63.3 Å². The van der Waals surface area contributed by atoms with E-state index in [1.807, 2.05) is 13.0 Å². The van der Waals surface area contributed by atoms with Crippen molar-refractivity contribution < 1.29 is 18.7 Å². The molecule has 1 heterocycles. The normalized spacial score (nSPS) is 12.0. The molecule has 3 rings (SSSR count). The molecule has 0 spiro atoms. The molecule has 0 saturated carbocycles. The molecule has 0 saturated heterocycles. The molecule has 0 radical (unpaired) electrons. The second-order valence-electron chi connectivity index (χ2n) is 6.11. The zero-order valence-corrected chi connectivity index (χ0v) is 16.0. The number of ether oxygens (including phenoxy) is 2. The number of rotatable bonds is 5. The predicted octanol–water partition coefficient (Wildman–Crippen LogP) is 4.75. The zero-order chi connectivity index (χ0) is 19.6. The van der Waals surface area contributed by atoms with Crippen molar-refractivity contribution in [3.63, 3.8) is 0 Å². The highest BCUT2D eigenvalue weighted by Gasteiger charge is 2.23. The van der Waals surface area contributed by atoms with Gasteiger partial charge in [0, 0.05) is 10.6 Å². The van der Waals surface area contributed by atoms with E-state index in [-0.39, 0.29) is 23.5 Å². The third-order valence-electron chi connectivity index (χ3n) is 4.03. The van der Waals surface area contributed by atoms with Gasteiger partial charge in [0.25, 0.3) is 0 Å². The quantitative estimate of drug-likeness (QED) is 0.592. The van der Waals surface area contributed by atoms with Crippen LogP contribution in [0.5, 0.6) is 5.75 Å². The van der Waals surface area contributed by atoms with Crippen LogP contribution >= 0.6 is 11.6 Å². The monoisotopic (exact) mass is 386 g/mol. The van der Waals surface area contributed by atoms with E-state index in [0.717, 1.165) is 5.56 Å². The van der Waals surface area contributed by atoms with Crippen LogP contribution in [0.2, 0.25) is 5.02 Å². The van der Waals surface area contributed by atoms with E-state index in [1.165, 1.54) is 6.92 Å². The van der Waals surface area contributed by atoms with Gasteiger partial charge in [-0.1, -0.05) is 17.7 Å². The second kappa shape index (κ2) is 7.84. The predicted molar refractivity (Wildman–Crippen MR) is 104 cm³/mol. The molecule has 0 aliphatic heterocycles. The lowest BCUT2D eigenvalue weighted by Gasteiger charge is -2.16. The first kappa shape index (κ1) is 19.0. The number of hydrogen-bond acceptors (Lipinski definition) is 5. The summed E-state index contributed by atoms with van der Waals surface area (Å²) in [6.07, 6.45) is -0.957. The van der Waals surface area contributed by atoms with Crippen molar-refractivity contribution in [2.24, 2.45) is 0 Å². The van der Waals surface area contributed by atoms with Crippen LogP contribution in [0.25, 0.3) is 22.3 Å². The van der Waals surface area contributed by atoms with Gasteiger partial charge in [-0.25, -0.2) is 4.79 Å². The molecule has 5 nitrogen and oxygen atoms in total. The molecule has 0 fully saturated rings. The Balaban J connectivity index is 2.19. The zero-order valence-electron chi connectivity index (χ0n) is 15.2. The fourth-order valence-electron chi connectivity index (χ4n) is 2.67. The van der Waals surface area contributed by atoms with E-state index in [9.17, 15) is 9.59 Å². The number of carbonyl (C=O) groups is 1. The number of aryl methyl sites for hydroxylation is 1. The molecular weight excluding hydrogens is 368 g/mol. The third kappa shape index (κ3) is 3.98. The minimum atomic E-state index is -0.957. The lowest BCUT2D eigenvalue weighted by molar-refractivity contribution is -0.150. The van der Waals surface area contributed by atoms with Crippen molar-refractivity contribution in [1.82, 2.24) is 0 Å². The van der Waals surface area contributed by atoms with Crippen LogP contribution in [0.3, 0.4) is 0 Å². The van der Waals surface area contributed by atoms with Gasteiger partial charge in [-0.2, -0.15) is 0 Å². The lowest BCUT2D eigenvalue weighted by Crippen LogP contribution is -2.28. The highest BCUT2D eigenvalue weighted by Crippen LogP contribution is 2.32. The van der Waals surface area contributed by atoms with Gasteiger partial charge in [0.15, 0.2) is 11.9 Å². The average Bonchev–Trinajstić information content (AvgIpc) is 2.64. The maximum absolute atomic E-state index is 13.1. The molecule has 27 heavy (non-hydrogen) atoms. The molecule has 0 aliphatic carbocycles. The molecule has 0 bridgehead atoms. The van der Waals surface area contributed by atoms with Gasteiger partial charge in [0.05, 0.1) is 12.0 Å². The lowest BCUT2D eigenvalue weighted by atomic mass is 10.1. The van der Waals surface area contributed by atoms with Crippen LogP contribution in [0, 0.1) is 6.92 Å². The van der Waals surface area contributed by atoms with Crippen LogP contribution < -0.4 is 10.2 Å². The Bertz CT molecular complexity index is 1040. The number of hydrogen-bond donors (Lipinski definition) is 0. The molecule has 3 aromatic rings. The number of halogens is 1. The topological polar surface area (TPSA) is 65.7 Å². The molecule has 0 aliphatic rings. The van der Waals surface area contributed by atoms with Gasteiger partial charge >= 0.3 is 5.97 Å². The molecule has 1 aromatic heterocycles. The summed E-state index contributed by atoms with van der Waals surface area (Å²) in [5.74, 6) is -0.344. The number of benzene rings is 2. The smallest absolute Gasteiger partial charge is 0.347 e. The number of carbonyl (C=O) groups excluding carboxylic acids is 1. The summed E-state index contributed by atoms with van der Waals surface area (Å²) < 4.78 is 16.7. The summed E-state index contributed by atoms with van der Waals surface area (Å²) in [7, 11) is 0. The summed E-state index contributed by atoms with van der Waals surface area (Å²) in [6.45, 7) is 5.37. The van der Waals surface area contributed by atoms with Crippen LogP contribution in [0.1, 0.15) is 19.4 Å². The molecule has 0 amide bonds. The standard InChI is InChI=1S/C21H19ClO5/c1-4-25-21(24)13(3)26-20-18(23)16-10-5-12(2)11-17(16)27-19(20)14-6-8-15(22)9-7-14/h5-11,13H,4H2,1-3H3/t13-/m0/s1. The fourth-order valence-corrected chi connectivity index (χ4v) is 2.79. The molecule has 140 valence electrons. The highest BCUT2D eigenvalue weighted by molar-refractivity contribution is 6.30. The molecule has 6 heteroatoms. The van der Waals surface area contributed by atoms with Crippen molar-refractivity contribution in [3.8, 4) is 17.1 Å². The van der Waals surface area contributed by atoms with Crippen LogP contribution in [-0.4, -0.2) is 18.7 Å². The van der Waals surface area contributed by atoms with Crippen LogP contribution in [0.15, 0.2) is 51.7 Å². The molecule has 1 atom stereocenters. The van der Waals surface area contributed by atoms with Crippen molar-refractivity contribution in [2.75, 3.05) is 6.61 Å². The van der Waals surface area contributed by atoms with E-state index in [1.54, 1.807) is 43.3 Å². The SMILES string of the molecule is CCOC(=O)[C@H](C)Oc1c(-c2ccc(Cl)cc2)oc2cc(C)ccc2c1=O. The van der Waals surface area contributed by atoms with Gasteiger partial charge in [-0.15, -0.1) is 0 Å². The Hall–Kier alpha value is -2.79. The Kier molecular flexibility index (Phi) is 5.51. The Morgan fingerprint density at radius 2 is 1.89 bits per heavy atom. The first-order valence-corrected chi connectivity index (χ1v) is 8.95. The van der Waals surface area contributed by atoms with Crippen molar-refractivity contribution in [2.45, 2.75) is 26.9 Å². The van der Waals surface area contributed by atoms with Crippen LogP contribution in [-0.2, 0) is 9.53 Å². The summed E-state index contributed by atoms with van der Waals surface area (Å²) in [6, 6.07) is 12.1. The minimum absolute atomic E-state index is 0.0331. The van der Waals surface area contributed by atoms with E-state index >= 15 is 0 Å². The maximum atomic E-state index is 13.1. The summed E-state index contributed by atoms with van der Waals surface area (Å²) in [5.41, 5.74) is 1.67. The van der Waals surface area contributed by atoms with Crippen molar-refractivity contribution >= 4 is 28.5 Å². The first-order valence-electron chi connectivity index (χ1n) is 8.57. The average molecular weight is 387 g/mol. The summed E-state index contributed by atoms with van der Waals surface area (Å²) in [4.78, 5) is 25.0. The Morgan fingerprint density at radius 1 is 1.19 bits per heavy atom. The van der Waals surface area contributed by atoms with E-state index in [0.29, 0.717) is 21.6 Å². The fraction of sp³-hybridized carbons (Fsp3) is 0.238. The maximum Gasteiger partial charge on any atom is 0.347 e. The molecule has 2 aromatic carbocycles. The largest absolute Gasteiger partial charge is 0.471 e. The van der Waals surface area contributed by atoms with Gasteiger partial charge in [-0.3, -0.25) is 4.79 Å². The first-order chi connectivity index (χ1) is 12.9. The number of fused-ring (bicyclic) bond motifs is 1. The van der Waals surface area contributed by atoms with Gasteiger partial charge in [0.1, 0.15) is 5.58 Å². The summed E-state index contributed by atoms with van der Waals surface area (Å²) >= 11 is 5.96. The second-order valence-corrected chi connectivity index (χ2v) is 6.54. The Morgan fingerprint density at radius 3 is 2.56 bits per heavy atom. The van der Waals surface area contributed by atoms with Gasteiger partial charge in [-0.05, 0) is 62.7 Å². The molecule has 0 N–H and O–H groups in total. The highest BCUT2D eigenvalue weighted by atomic mass is 35.5. The van der Waals surface area contributed by atoms with Gasteiger partial charge < -0.3 is 13.9 Å².